The first-order valence-corrected chi connectivity index (χ1v) is 8.15. The third-order valence-electron chi connectivity index (χ3n) is 4.44. The summed E-state index contributed by atoms with van der Waals surface area (Å²) in [5, 5.41) is 3.28. The molecule has 1 N–H and O–H groups in total. The number of hydrogen-bond acceptors (Lipinski definition) is 4. The molecule has 1 saturated heterocycles. The number of ether oxygens (including phenoxy) is 1. The Labute approximate surface area is 136 Å². The predicted molar refractivity (Wildman–Crippen MR) is 87.5 cm³/mol. The van der Waals surface area contributed by atoms with E-state index < -0.39 is 6.10 Å². The second-order valence-corrected chi connectivity index (χ2v) is 6.11. The molecule has 3 rings (SSSR count). The lowest BCUT2D eigenvalue weighted by atomic mass is 10.1. The molecule has 1 aromatic rings. The molecule has 0 aromatic heterocycles. The predicted octanol–water partition coefficient (Wildman–Crippen LogP) is 1.01. The third-order valence-corrected chi connectivity index (χ3v) is 4.44. The van der Waals surface area contributed by atoms with Crippen molar-refractivity contribution in [2.24, 2.45) is 0 Å². The number of benzene rings is 1. The van der Waals surface area contributed by atoms with Crippen LogP contribution in [-0.2, 0) is 9.59 Å². The smallest absolute Gasteiger partial charge is 0.267 e. The molecular formula is C17H23N3O3. The van der Waals surface area contributed by atoms with E-state index in [1.54, 1.807) is 11.8 Å². The fourth-order valence-corrected chi connectivity index (χ4v) is 3.15. The molecule has 1 unspecified atom stereocenters. The van der Waals surface area contributed by atoms with Crippen molar-refractivity contribution in [2.75, 3.05) is 31.1 Å². The Morgan fingerprint density at radius 2 is 2.13 bits per heavy atom. The summed E-state index contributed by atoms with van der Waals surface area (Å²) in [4.78, 5) is 28.5. The fraction of sp³-hybridized carbons (Fsp3) is 0.529. The highest BCUT2D eigenvalue weighted by Gasteiger charge is 2.32. The van der Waals surface area contributed by atoms with Gasteiger partial charge in [-0.05, 0) is 26.0 Å². The number of carbonyl (C=O) groups excluding carboxylic acids is 2. The minimum atomic E-state index is -0.516. The Bertz CT molecular complexity index is 605. The van der Waals surface area contributed by atoms with Gasteiger partial charge in [0.2, 0.25) is 5.91 Å². The van der Waals surface area contributed by atoms with E-state index in [1.165, 1.54) is 0 Å². The molecule has 1 aromatic carbocycles. The second kappa shape index (κ2) is 6.58. The average molecular weight is 317 g/mol. The Hall–Kier alpha value is -2.08. The van der Waals surface area contributed by atoms with Gasteiger partial charge in [0.15, 0.2) is 6.10 Å². The lowest BCUT2D eigenvalue weighted by Crippen LogP contribution is -2.53. The van der Waals surface area contributed by atoms with Crippen LogP contribution in [-0.4, -0.2) is 55.0 Å². The molecule has 124 valence electrons. The standard InChI is InChI=1S/C17H23N3O3/c1-12-11-18-8-10-19(12)16(21)7-9-20-14-5-3-4-6-15(14)23-13(2)17(20)22/h3-6,12-13,18H,7-11H2,1-2H3/t12-,13?/m0/s1. The molecule has 6 nitrogen and oxygen atoms in total. The summed E-state index contributed by atoms with van der Waals surface area (Å²) in [6.45, 7) is 6.55. The highest BCUT2D eigenvalue weighted by molar-refractivity contribution is 6.00. The maximum atomic E-state index is 12.5. The van der Waals surface area contributed by atoms with Crippen LogP contribution in [0.25, 0.3) is 0 Å². The van der Waals surface area contributed by atoms with E-state index >= 15 is 0 Å². The van der Waals surface area contributed by atoms with Crippen LogP contribution in [0.1, 0.15) is 20.3 Å². The molecule has 0 spiro atoms. The van der Waals surface area contributed by atoms with Gasteiger partial charge in [-0.3, -0.25) is 9.59 Å². The van der Waals surface area contributed by atoms with Crippen molar-refractivity contribution >= 4 is 17.5 Å². The summed E-state index contributed by atoms with van der Waals surface area (Å²) in [6.07, 6.45) is -0.185. The molecule has 0 aliphatic carbocycles. The molecule has 2 aliphatic rings. The normalized spacial score (nSPS) is 24.2. The Balaban J connectivity index is 1.69. The van der Waals surface area contributed by atoms with Crippen LogP contribution in [0.5, 0.6) is 5.75 Å². The van der Waals surface area contributed by atoms with Crippen molar-refractivity contribution in [3.8, 4) is 5.75 Å². The number of piperazine rings is 1. The van der Waals surface area contributed by atoms with Gasteiger partial charge in [0.05, 0.1) is 5.69 Å². The average Bonchev–Trinajstić information content (AvgIpc) is 2.55. The van der Waals surface area contributed by atoms with Gasteiger partial charge in [0, 0.05) is 38.6 Å². The molecular weight excluding hydrogens is 294 g/mol. The molecule has 0 radical (unpaired) electrons. The molecule has 23 heavy (non-hydrogen) atoms. The maximum absolute atomic E-state index is 12.5. The first-order chi connectivity index (χ1) is 11.1. The van der Waals surface area contributed by atoms with Crippen molar-refractivity contribution in [3.63, 3.8) is 0 Å². The van der Waals surface area contributed by atoms with Crippen LogP contribution in [0.2, 0.25) is 0 Å². The minimum Gasteiger partial charge on any atom is -0.479 e. The highest BCUT2D eigenvalue weighted by Crippen LogP contribution is 2.33. The summed E-state index contributed by atoms with van der Waals surface area (Å²) in [7, 11) is 0. The molecule has 2 aliphatic heterocycles. The number of para-hydroxylation sites is 2. The molecule has 0 saturated carbocycles. The number of amides is 2. The largest absolute Gasteiger partial charge is 0.479 e. The number of fused-ring (bicyclic) bond motifs is 1. The summed E-state index contributed by atoms with van der Waals surface area (Å²) in [6, 6.07) is 7.66. The van der Waals surface area contributed by atoms with E-state index in [0.717, 1.165) is 25.3 Å². The Kier molecular flexibility index (Phi) is 4.52. The second-order valence-electron chi connectivity index (χ2n) is 6.11. The minimum absolute atomic E-state index is 0.0927. The first-order valence-electron chi connectivity index (χ1n) is 8.15. The fourth-order valence-electron chi connectivity index (χ4n) is 3.15. The zero-order valence-corrected chi connectivity index (χ0v) is 13.6. The van der Waals surface area contributed by atoms with Crippen molar-refractivity contribution in [1.29, 1.82) is 0 Å². The van der Waals surface area contributed by atoms with E-state index in [4.69, 9.17) is 4.74 Å². The monoisotopic (exact) mass is 317 g/mol. The first kappa shape index (κ1) is 15.8. The molecule has 6 heteroatoms. The highest BCUT2D eigenvalue weighted by atomic mass is 16.5. The van der Waals surface area contributed by atoms with Gasteiger partial charge in [-0.2, -0.15) is 0 Å². The number of nitrogens with one attached hydrogen (secondary N) is 1. The summed E-state index contributed by atoms with van der Waals surface area (Å²) in [5.74, 6) is 0.705. The number of hydrogen-bond donors (Lipinski definition) is 1. The number of rotatable bonds is 3. The van der Waals surface area contributed by atoms with Crippen molar-refractivity contribution < 1.29 is 14.3 Å². The summed E-state index contributed by atoms with van der Waals surface area (Å²) >= 11 is 0. The van der Waals surface area contributed by atoms with Crippen molar-refractivity contribution in [1.82, 2.24) is 10.2 Å². The Morgan fingerprint density at radius 1 is 1.35 bits per heavy atom. The maximum Gasteiger partial charge on any atom is 0.267 e. The SMILES string of the molecule is CC1Oc2ccccc2N(CCC(=O)N2CCNC[C@@H]2C)C1=O. The van der Waals surface area contributed by atoms with E-state index in [2.05, 4.69) is 5.32 Å². The van der Waals surface area contributed by atoms with E-state index in [0.29, 0.717) is 18.7 Å². The van der Waals surface area contributed by atoms with Crippen LogP contribution in [0.4, 0.5) is 5.69 Å². The van der Waals surface area contributed by atoms with Gasteiger partial charge in [-0.1, -0.05) is 12.1 Å². The topological polar surface area (TPSA) is 61.9 Å². The molecule has 0 bridgehead atoms. The van der Waals surface area contributed by atoms with Gasteiger partial charge in [-0.15, -0.1) is 0 Å². The van der Waals surface area contributed by atoms with Crippen molar-refractivity contribution in [3.05, 3.63) is 24.3 Å². The van der Waals surface area contributed by atoms with Crippen LogP contribution in [0.15, 0.2) is 24.3 Å². The van der Waals surface area contributed by atoms with Crippen molar-refractivity contribution in [2.45, 2.75) is 32.4 Å². The zero-order valence-electron chi connectivity index (χ0n) is 13.6. The summed E-state index contributed by atoms with van der Waals surface area (Å²) < 4.78 is 5.62. The zero-order chi connectivity index (χ0) is 16.4. The van der Waals surface area contributed by atoms with E-state index in [-0.39, 0.29) is 17.9 Å². The molecule has 2 amide bonds. The molecule has 1 fully saturated rings. The summed E-state index contributed by atoms with van der Waals surface area (Å²) in [5.41, 5.74) is 0.747. The lowest BCUT2D eigenvalue weighted by Gasteiger charge is -2.36. The van der Waals surface area contributed by atoms with Gasteiger partial charge in [0.1, 0.15) is 5.75 Å². The van der Waals surface area contributed by atoms with E-state index in [9.17, 15) is 9.59 Å². The number of anilines is 1. The quantitative estimate of drug-likeness (QED) is 0.904. The molecule has 2 atom stereocenters. The number of carbonyl (C=O) groups is 2. The van der Waals surface area contributed by atoms with E-state index in [1.807, 2.05) is 36.1 Å². The van der Waals surface area contributed by atoms with Gasteiger partial charge in [-0.25, -0.2) is 0 Å². The third kappa shape index (κ3) is 3.17. The van der Waals surface area contributed by atoms with Gasteiger partial charge in [0.25, 0.3) is 5.91 Å². The molecule has 2 heterocycles. The number of nitrogens with zero attached hydrogens (tertiary/aromatic N) is 2. The Morgan fingerprint density at radius 3 is 2.91 bits per heavy atom. The van der Waals surface area contributed by atoms with Gasteiger partial charge >= 0.3 is 0 Å². The lowest BCUT2D eigenvalue weighted by molar-refractivity contribution is -0.133. The van der Waals surface area contributed by atoms with Crippen LogP contribution in [0.3, 0.4) is 0 Å². The van der Waals surface area contributed by atoms with Crippen LogP contribution < -0.4 is 15.0 Å². The van der Waals surface area contributed by atoms with Crippen LogP contribution in [0, 0.1) is 0 Å². The van der Waals surface area contributed by atoms with Gasteiger partial charge < -0.3 is 19.9 Å². The van der Waals surface area contributed by atoms with Crippen LogP contribution >= 0.6 is 0 Å².